The molecule has 0 radical (unpaired) electrons. The van der Waals surface area contributed by atoms with Gasteiger partial charge in [0.1, 0.15) is 0 Å². The third-order valence-electron chi connectivity index (χ3n) is 3.94. The van der Waals surface area contributed by atoms with Gasteiger partial charge in [0, 0.05) is 40.3 Å². The molecular formula is C12H23N3O3S. The van der Waals surface area contributed by atoms with Crippen molar-refractivity contribution in [2.75, 3.05) is 40.3 Å². The highest BCUT2D eigenvalue weighted by molar-refractivity contribution is 7.86. The van der Waals surface area contributed by atoms with Crippen LogP contribution in [0.2, 0.25) is 0 Å². The average molecular weight is 289 g/mol. The zero-order valence-electron chi connectivity index (χ0n) is 11.7. The van der Waals surface area contributed by atoms with Crippen LogP contribution in [-0.2, 0) is 15.0 Å². The quantitative estimate of drug-likeness (QED) is 0.742. The van der Waals surface area contributed by atoms with Crippen molar-refractivity contribution in [1.29, 1.82) is 0 Å². The van der Waals surface area contributed by atoms with Crippen LogP contribution in [0.4, 0.5) is 0 Å². The molecule has 0 saturated carbocycles. The van der Waals surface area contributed by atoms with Crippen LogP contribution in [-0.4, -0.2) is 68.1 Å². The summed E-state index contributed by atoms with van der Waals surface area (Å²) in [6.07, 6.45) is 3.70. The Morgan fingerprint density at radius 1 is 1.11 bits per heavy atom. The molecule has 0 spiro atoms. The zero-order valence-corrected chi connectivity index (χ0v) is 12.5. The molecule has 0 unspecified atom stereocenters. The van der Waals surface area contributed by atoms with Crippen LogP contribution in [0, 0.1) is 5.92 Å². The Morgan fingerprint density at radius 3 is 2.32 bits per heavy atom. The van der Waals surface area contributed by atoms with E-state index in [0.717, 1.165) is 38.8 Å². The highest BCUT2D eigenvalue weighted by Crippen LogP contribution is 2.23. The molecule has 1 amide bonds. The molecule has 2 fully saturated rings. The summed E-state index contributed by atoms with van der Waals surface area (Å²) in [4.78, 5) is 14.2. The first kappa shape index (κ1) is 14.7. The van der Waals surface area contributed by atoms with Gasteiger partial charge in [0.2, 0.25) is 5.91 Å². The highest BCUT2D eigenvalue weighted by atomic mass is 32.2. The van der Waals surface area contributed by atoms with E-state index < -0.39 is 10.2 Å². The molecular weight excluding hydrogens is 266 g/mol. The Morgan fingerprint density at radius 2 is 1.74 bits per heavy atom. The smallest absolute Gasteiger partial charge is 0.281 e. The molecule has 1 atom stereocenters. The van der Waals surface area contributed by atoms with E-state index in [0.29, 0.717) is 13.1 Å². The van der Waals surface area contributed by atoms with Crippen LogP contribution in [0.1, 0.15) is 25.7 Å². The Hall–Kier alpha value is -0.660. The van der Waals surface area contributed by atoms with Gasteiger partial charge in [0.15, 0.2) is 0 Å². The van der Waals surface area contributed by atoms with Crippen molar-refractivity contribution in [3.8, 4) is 0 Å². The van der Waals surface area contributed by atoms with E-state index in [1.165, 1.54) is 22.7 Å². The number of rotatable bonds is 3. The first-order chi connectivity index (χ1) is 8.93. The summed E-state index contributed by atoms with van der Waals surface area (Å²) in [6.45, 7) is 2.51. The number of amides is 1. The molecule has 2 rings (SSSR count). The SMILES string of the molecule is CN(C)S(=O)(=O)N1CCC[C@H](C(=O)N2CCCC2)C1. The van der Waals surface area contributed by atoms with Gasteiger partial charge >= 0.3 is 0 Å². The summed E-state index contributed by atoms with van der Waals surface area (Å²) >= 11 is 0. The largest absolute Gasteiger partial charge is 0.342 e. The van der Waals surface area contributed by atoms with Crippen molar-refractivity contribution in [2.24, 2.45) is 5.92 Å². The minimum atomic E-state index is -3.39. The fourth-order valence-electron chi connectivity index (χ4n) is 2.78. The molecule has 19 heavy (non-hydrogen) atoms. The monoisotopic (exact) mass is 289 g/mol. The third-order valence-corrected chi connectivity index (χ3v) is 5.85. The average Bonchev–Trinajstić information content (AvgIpc) is 2.91. The molecule has 0 N–H and O–H groups in total. The molecule has 2 heterocycles. The van der Waals surface area contributed by atoms with Gasteiger partial charge in [-0.05, 0) is 25.7 Å². The van der Waals surface area contributed by atoms with Crippen LogP contribution < -0.4 is 0 Å². The summed E-state index contributed by atoms with van der Waals surface area (Å²) in [6, 6.07) is 0. The van der Waals surface area contributed by atoms with Crippen molar-refractivity contribution in [3.05, 3.63) is 0 Å². The van der Waals surface area contributed by atoms with Gasteiger partial charge in [-0.2, -0.15) is 17.0 Å². The second-order valence-corrected chi connectivity index (χ2v) is 7.66. The van der Waals surface area contributed by atoms with E-state index in [4.69, 9.17) is 0 Å². The van der Waals surface area contributed by atoms with Crippen molar-refractivity contribution < 1.29 is 13.2 Å². The summed E-state index contributed by atoms with van der Waals surface area (Å²) in [5.74, 6) is -0.0299. The Bertz CT molecular complexity index is 430. The van der Waals surface area contributed by atoms with Crippen molar-refractivity contribution in [2.45, 2.75) is 25.7 Å². The molecule has 0 aromatic carbocycles. The van der Waals surface area contributed by atoms with Crippen LogP contribution in [0.3, 0.4) is 0 Å². The molecule has 0 aromatic rings. The van der Waals surface area contributed by atoms with E-state index in [1.807, 2.05) is 4.90 Å². The molecule has 110 valence electrons. The molecule has 0 aliphatic carbocycles. The lowest BCUT2D eigenvalue weighted by Crippen LogP contribution is -2.49. The summed E-state index contributed by atoms with van der Waals surface area (Å²) in [5, 5.41) is 0. The van der Waals surface area contributed by atoms with Gasteiger partial charge in [0.05, 0.1) is 5.92 Å². The number of piperidine rings is 1. The maximum Gasteiger partial charge on any atom is 0.281 e. The third kappa shape index (κ3) is 3.09. The van der Waals surface area contributed by atoms with Gasteiger partial charge in [-0.25, -0.2) is 0 Å². The van der Waals surface area contributed by atoms with E-state index in [2.05, 4.69) is 0 Å². The highest BCUT2D eigenvalue weighted by Gasteiger charge is 2.35. The number of carbonyl (C=O) groups is 1. The van der Waals surface area contributed by atoms with Crippen molar-refractivity contribution in [1.82, 2.24) is 13.5 Å². The van der Waals surface area contributed by atoms with Crippen LogP contribution >= 0.6 is 0 Å². The van der Waals surface area contributed by atoms with E-state index in [-0.39, 0.29) is 11.8 Å². The minimum Gasteiger partial charge on any atom is -0.342 e. The predicted octanol–water partition coefficient (Wildman–Crippen LogP) is 0.127. The van der Waals surface area contributed by atoms with Crippen LogP contribution in [0.5, 0.6) is 0 Å². The van der Waals surface area contributed by atoms with Crippen LogP contribution in [0.15, 0.2) is 0 Å². The van der Waals surface area contributed by atoms with Crippen molar-refractivity contribution in [3.63, 3.8) is 0 Å². The molecule has 2 aliphatic heterocycles. The summed E-state index contributed by atoms with van der Waals surface area (Å²) < 4.78 is 26.9. The van der Waals surface area contributed by atoms with Crippen molar-refractivity contribution >= 4 is 16.1 Å². The standard InChI is InChI=1S/C12H23N3O3S/c1-13(2)19(17,18)15-9-5-6-11(10-15)12(16)14-7-3-4-8-14/h11H,3-10H2,1-2H3/t11-/m0/s1. The molecule has 2 saturated heterocycles. The summed E-state index contributed by atoms with van der Waals surface area (Å²) in [7, 11) is -0.336. The number of hydrogen-bond donors (Lipinski definition) is 0. The number of nitrogens with zero attached hydrogens (tertiary/aromatic N) is 3. The van der Waals surface area contributed by atoms with Gasteiger partial charge in [-0.1, -0.05) is 0 Å². The molecule has 6 nitrogen and oxygen atoms in total. The maximum absolute atomic E-state index is 12.3. The normalized spacial score (nSPS) is 26.1. The van der Waals surface area contributed by atoms with Gasteiger partial charge in [0.25, 0.3) is 10.2 Å². The fourth-order valence-corrected chi connectivity index (χ4v) is 3.97. The fraction of sp³-hybridized carbons (Fsp3) is 0.917. The Balaban J connectivity index is 2.03. The van der Waals surface area contributed by atoms with E-state index in [1.54, 1.807) is 0 Å². The van der Waals surface area contributed by atoms with Gasteiger partial charge in [-0.3, -0.25) is 4.79 Å². The maximum atomic E-state index is 12.3. The molecule has 2 aliphatic rings. The molecule has 0 aromatic heterocycles. The number of likely N-dealkylation sites (tertiary alicyclic amines) is 1. The zero-order chi connectivity index (χ0) is 14.0. The summed E-state index contributed by atoms with van der Waals surface area (Å²) in [5.41, 5.74) is 0. The minimum absolute atomic E-state index is 0.135. The lowest BCUT2D eigenvalue weighted by atomic mass is 9.98. The lowest BCUT2D eigenvalue weighted by molar-refractivity contribution is -0.135. The van der Waals surface area contributed by atoms with Crippen LogP contribution in [0.25, 0.3) is 0 Å². The predicted molar refractivity (Wildman–Crippen MR) is 72.7 cm³/mol. The number of hydrogen-bond acceptors (Lipinski definition) is 3. The number of carbonyl (C=O) groups excluding carboxylic acids is 1. The Labute approximate surface area is 115 Å². The Kier molecular flexibility index (Phi) is 4.47. The molecule has 7 heteroatoms. The second-order valence-electron chi connectivity index (χ2n) is 5.52. The van der Waals surface area contributed by atoms with E-state index in [9.17, 15) is 13.2 Å². The molecule has 0 bridgehead atoms. The second kappa shape index (κ2) is 5.76. The lowest BCUT2D eigenvalue weighted by Gasteiger charge is -2.34. The van der Waals surface area contributed by atoms with Gasteiger partial charge < -0.3 is 4.90 Å². The first-order valence-corrected chi connectivity index (χ1v) is 8.29. The van der Waals surface area contributed by atoms with E-state index >= 15 is 0 Å². The van der Waals surface area contributed by atoms with Gasteiger partial charge in [-0.15, -0.1) is 0 Å². The topological polar surface area (TPSA) is 60.9 Å². The first-order valence-electron chi connectivity index (χ1n) is 6.89.